The fourth-order valence-corrected chi connectivity index (χ4v) is 4.82. The van der Waals surface area contributed by atoms with Crippen LogP contribution in [0.25, 0.3) is 0 Å². The van der Waals surface area contributed by atoms with Gasteiger partial charge in [0, 0.05) is 26.4 Å². The number of cyclic esters (lactones) is 2. The molecular weight excluding hydrogens is 550 g/mol. The van der Waals surface area contributed by atoms with Gasteiger partial charge in [-0.25, -0.2) is 4.79 Å². The molecule has 1 fully saturated rings. The third kappa shape index (κ3) is 9.84. The SMILES string of the molecule is C#CCCC[C@@H]1OC(=O)CCNC(=O)[C@H](Cc2ccccc2)N(C)C(=O)C(C(C)C)OC(=O)C(C(C)C)NC(=O)C1(C)C. The van der Waals surface area contributed by atoms with Crippen LogP contribution in [0, 0.1) is 29.6 Å². The number of rotatable bonds is 7. The zero-order chi connectivity index (χ0) is 32.3. The second-order valence-electron chi connectivity index (χ2n) is 12.3. The van der Waals surface area contributed by atoms with E-state index in [-0.39, 0.29) is 25.3 Å². The maximum atomic E-state index is 13.8. The lowest BCUT2D eigenvalue weighted by Gasteiger charge is -2.35. The van der Waals surface area contributed by atoms with E-state index in [1.54, 1.807) is 41.5 Å². The average Bonchev–Trinajstić information content (AvgIpc) is 2.95. The van der Waals surface area contributed by atoms with Crippen LogP contribution < -0.4 is 10.6 Å². The largest absolute Gasteiger partial charge is 0.461 e. The van der Waals surface area contributed by atoms with Gasteiger partial charge in [0.2, 0.25) is 11.8 Å². The normalized spacial score (nSPS) is 24.5. The molecule has 0 aromatic heterocycles. The van der Waals surface area contributed by atoms with Gasteiger partial charge in [-0.2, -0.15) is 0 Å². The molecule has 236 valence electrons. The van der Waals surface area contributed by atoms with E-state index < -0.39 is 65.3 Å². The third-order valence-corrected chi connectivity index (χ3v) is 7.77. The van der Waals surface area contributed by atoms with E-state index in [1.807, 2.05) is 30.3 Å². The number of esters is 2. The average molecular weight is 598 g/mol. The first kappa shape index (κ1) is 35.3. The first-order chi connectivity index (χ1) is 20.2. The fourth-order valence-electron chi connectivity index (χ4n) is 4.82. The van der Waals surface area contributed by atoms with Crippen molar-refractivity contribution in [1.29, 1.82) is 0 Å². The van der Waals surface area contributed by atoms with Gasteiger partial charge in [0.15, 0.2) is 6.10 Å². The first-order valence-electron chi connectivity index (χ1n) is 14.9. The van der Waals surface area contributed by atoms with Gasteiger partial charge in [0.1, 0.15) is 18.2 Å². The number of nitrogens with one attached hydrogen (secondary N) is 2. The number of amides is 3. The number of unbranched alkanes of at least 4 members (excludes halogenated alkanes) is 1. The van der Waals surface area contributed by atoms with Crippen LogP contribution in [0.1, 0.15) is 72.8 Å². The van der Waals surface area contributed by atoms with Crippen LogP contribution in [0.5, 0.6) is 0 Å². The molecule has 0 aliphatic carbocycles. The number of benzene rings is 1. The van der Waals surface area contributed by atoms with Crippen molar-refractivity contribution >= 4 is 29.7 Å². The minimum absolute atomic E-state index is 0.0350. The standard InChI is InChI=1S/C33H47N3O7/c1-9-10-12-17-25-33(6,7)32(41)35-27(21(2)3)31(40)43-28(22(4)5)30(39)36(8)24(20-23-15-13-11-14-16-23)29(38)34-19-18-26(37)42-25/h1,11,13-16,21-22,24-25,27-28H,10,12,17-20H2,2-8H3,(H,34,38)(H,35,41)/t24-,25-,27?,28?/m0/s1. The van der Waals surface area contributed by atoms with Crippen LogP contribution >= 0.6 is 0 Å². The molecular formula is C33H47N3O7. The minimum atomic E-state index is -1.23. The Hall–Kier alpha value is -3.87. The molecule has 10 nitrogen and oxygen atoms in total. The highest BCUT2D eigenvalue weighted by atomic mass is 16.6. The Morgan fingerprint density at radius 1 is 1.02 bits per heavy atom. The molecule has 1 aliphatic heterocycles. The molecule has 0 saturated carbocycles. The van der Waals surface area contributed by atoms with Gasteiger partial charge in [-0.3, -0.25) is 19.2 Å². The first-order valence-corrected chi connectivity index (χ1v) is 14.9. The van der Waals surface area contributed by atoms with Crippen molar-refractivity contribution in [2.45, 2.75) is 97.9 Å². The predicted octanol–water partition coefficient (Wildman–Crippen LogP) is 3.03. The second-order valence-corrected chi connectivity index (χ2v) is 12.3. The summed E-state index contributed by atoms with van der Waals surface area (Å²) in [5.41, 5.74) is -0.409. The van der Waals surface area contributed by atoms with E-state index in [0.717, 1.165) is 5.56 Å². The van der Waals surface area contributed by atoms with Gasteiger partial charge < -0.3 is 25.0 Å². The Morgan fingerprint density at radius 2 is 1.67 bits per heavy atom. The molecule has 4 atom stereocenters. The van der Waals surface area contributed by atoms with Crippen molar-refractivity contribution in [1.82, 2.24) is 15.5 Å². The molecule has 1 aromatic carbocycles. The van der Waals surface area contributed by atoms with E-state index in [4.69, 9.17) is 15.9 Å². The minimum Gasteiger partial charge on any atom is -0.461 e. The summed E-state index contributed by atoms with van der Waals surface area (Å²) in [6.07, 6.45) is 4.71. The number of hydrogen-bond acceptors (Lipinski definition) is 7. The molecule has 1 heterocycles. The van der Waals surface area contributed by atoms with Gasteiger partial charge in [0.25, 0.3) is 5.91 Å². The third-order valence-electron chi connectivity index (χ3n) is 7.77. The molecule has 2 unspecified atom stereocenters. The summed E-state index contributed by atoms with van der Waals surface area (Å²) >= 11 is 0. The highest BCUT2D eigenvalue weighted by Gasteiger charge is 2.43. The number of likely N-dealkylation sites (N-methyl/N-ethyl adjacent to an activating group) is 1. The topological polar surface area (TPSA) is 131 Å². The highest BCUT2D eigenvalue weighted by molar-refractivity contribution is 5.92. The Labute approximate surface area is 255 Å². The quantitative estimate of drug-likeness (QED) is 0.281. The monoisotopic (exact) mass is 597 g/mol. The lowest BCUT2D eigenvalue weighted by molar-refractivity contribution is -0.168. The number of nitrogens with zero attached hydrogens (tertiary/aromatic N) is 1. The molecule has 1 saturated heterocycles. The molecule has 0 spiro atoms. The summed E-state index contributed by atoms with van der Waals surface area (Å²) in [7, 11) is 1.49. The lowest BCUT2D eigenvalue weighted by atomic mass is 9.82. The van der Waals surface area contributed by atoms with Gasteiger partial charge in [-0.15, -0.1) is 12.3 Å². The van der Waals surface area contributed by atoms with Crippen molar-refractivity contribution < 1.29 is 33.4 Å². The number of hydrogen-bond donors (Lipinski definition) is 2. The van der Waals surface area contributed by atoms with E-state index in [1.165, 1.54) is 11.9 Å². The Kier molecular flexibility index (Phi) is 13.2. The summed E-state index contributed by atoms with van der Waals surface area (Å²) in [5, 5.41) is 5.54. The molecule has 43 heavy (non-hydrogen) atoms. The zero-order valence-corrected chi connectivity index (χ0v) is 26.5. The van der Waals surface area contributed by atoms with Crippen molar-refractivity contribution in [2.75, 3.05) is 13.6 Å². The van der Waals surface area contributed by atoms with Crippen molar-refractivity contribution in [2.24, 2.45) is 17.3 Å². The van der Waals surface area contributed by atoms with E-state index in [0.29, 0.717) is 19.3 Å². The van der Waals surface area contributed by atoms with Crippen molar-refractivity contribution in [3.05, 3.63) is 35.9 Å². The molecule has 2 N–H and O–H groups in total. The Morgan fingerprint density at radius 3 is 2.26 bits per heavy atom. The number of ether oxygens (including phenoxy) is 2. The van der Waals surface area contributed by atoms with Gasteiger partial charge in [-0.05, 0) is 44.1 Å². The van der Waals surface area contributed by atoms with Crippen molar-refractivity contribution in [3.63, 3.8) is 0 Å². The van der Waals surface area contributed by atoms with Crippen molar-refractivity contribution in [3.8, 4) is 12.3 Å². The Bertz CT molecular complexity index is 1170. The molecule has 10 heteroatoms. The summed E-state index contributed by atoms with van der Waals surface area (Å²) in [6.45, 7) is 10.2. The number of carbonyl (C=O) groups is 5. The summed E-state index contributed by atoms with van der Waals surface area (Å²) in [5.74, 6) is -1.14. The van der Waals surface area contributed by atoms with Gasteiger partial charge in [-0.1, -0.05) is 58.0 Å². The van der Waals surface area contributed by atoms with Crippen LogP contribution in [0.15, 0.2) is 30.3 Å². The smallest absolute Gasteiger partial charge is 0.329 e. The molecule has 1 aromatic rings. The van der Waals surface area contributed by atoms with Gasteiger partial charge in [0.05, 0.1) is 11.8 Å². The lowest BCUT2D eigenvalue weighted by Crippen LogP contribution is -2.56. The fraction of sp³-hybridized carbons (Fsp3) is 0.606. The maximum Gasteiger partial charge on any atom is 0.329 e. The molecule has 0 bridgehead atoms. The maximum absolute atomic E-state index is 13.8. The number of terminal acetylenes is 1. The van der Waals surface area contributed by atoms with Crippen LogP contribution in [0.3, 0.4) is 0 Å². The summed E-state index contributed by atoms with van der Waals surface area (Å²) in [6, 6.07) is 7.20. The van der Waals surface area contributed by atoms with Crippen LogP contribution in [0.4, 0.5) is 0 Å². The van der Waals surface area contributed by atoms with Crippen LogP contribution in [0.2, 0.25) is 0 Å². The predicted molar refractivity (Wildman–Crippen MR) is 162 cm³/mol. The molecule has 2 rings (SSSR count). The molecule has 0 radical (unpaired) electrons. The van der Waals surface area contributed by atoms with Crippen LogP contribution in [-0.2, 0) is 39.9 Å². The van der Waals surface area contributed by atoms with E-state index in [9.17, 15) is 24.0 Å². The number of carbonyl (C=O) groups excluding carboxylic acids is 5. The summed E-state index contributed by atoms with van der Waals surface area (Å²) < 4.78 is 11.6. The summed E-state index contributed by atoms with van der Waals surface area (Å²) in [4.78, 5) is 68.6. The highest BCUT2D eigenvalue weighted by Crippen LogP contribution is 2.29. The van der Waals surface area contributed by atoms with E-state index in [2.05, 4.69) is 16.6 Å². The Balaban J connectivity index is 2.52. The second kappa shape index (κ2) is 16.1. The zero-order valence-electron chi connectivity index (χ0n) is 26.5. The van der Waals surface area contributed by atoms with E-state index >= 15 is 0 Å². The molecule has 3 amide bonds. The van der Waals surface area contributed by atoms with Gasteiger partial charge >= 0.3 is 11.9 Å². The molecule has 1 aliphatic rings. The van der Waals surface area contributed by atoms with Crippen LogP contribution in [-0.4, -0.2) is 72.4 Å².